The van der Waals surface area contributed by atoms with Crippen LogP contribution in [-0.4, -0.2) is 29.3 Å². The topological polar surface area (TPSA) is 69.6 Å². The zero-order chi connectivity index (χ0) is 11.6. The summed E-state index contributed by atoms with van der Waals surface area (Å²) < 4.78 is 0. The maximum absolute atomic E-state index is 10.9. The van der Waals surface area contributed by atoms with Crippen LogP contribution < -0.4 is 5.32 Å². The van der Waals surface area contributed by atoms with Crippen molar-refractivity contribution in [1.82, 2.24) is 0 Å². The Hall–Kier alpha value is -1.55. The molecule has 0 saturated heterocycles. The molecule has 0 aromatic heterocycles. The second kappa shape index (κ2) is 4.14. The quantitative estimate of drug-likeness (QED) is 0.706. The van der Waals surface area contributed by atoms with E-state index in [-0.39, 0.29) is 17.6 Å². The van der Waals surface area contributed by atoms with E-state index in [0.717, 1.165) is 12.8 Å². The predicted molar refractivity (Wildman–Crippen MR) is 60.6 cm³/mol. The van der Waals surface area contributed by atoms with Crippen molar-refractivity contribution in [3.05, 3.63) is 29.8 Å². The summed E-state index contributed by atoms with van der Waals surface area (Å²) >= 11 is 0. The third kappa shape index (κ3) is 2.17. The molecule has 1 aromatic rings. The second-order valence-corrected chi connectivity index (χ2v) is 4.36. The van der Waals surface area contributed by atoms with Gasteiger partial charge in [-0.25, -0.2) is 4.79 Å². The molecule has 0 radical (unpaired) electrons. The number of benzene rings is 1. The summed E-state index contributed by atoms with van der Waals surface area (Å²) in [6, 6.07) is 6.82. The van der Waals surface area contributed by atoms with Crippen LogP contribution in [0.1, 0.15) is 23.2 Å². The van der Waals surface area contributed by atoms with Gasteiger partial charge in [0.2, 0.25) is 0 Å². The molecular formula is C12H15NO3. The average molecular weight is 221 g/mol. The minimum atomic E-state index is -0.933. The minimum Gasteiger partial charge on any atom is -0.478 e. The van der Waals surface area contributed by atoms with E-state index in [9.17, 15) is 4.79 Å². The molecule has 0 unspecified atom stereocenters. The Bertz CT molecular complexity index is 399. The Balaban J connectivity index is 2.06. The van der Waals surface area contributed by atoms with Gasteiger partial charge in [0.05, 0.1) is 12.2 Å². The molecule has 4 nitrogen and oxygen atoms in total. The lowest BCUT2D eigenvalue weighted by molar-refractivity contribution is 0.0698. The zero-order valence-corrected chi connectivity index (χ0v) is 8.94. The van der Waals surface area contributed by atoms with Gasteiger partial charge in [0.15, 0.2) is 0 Å². The number of aliphatic hydroxyl groups is 1. The molecule has 1 saturated carbocycles. The number of aliphatic hydroxyl groups excluding tert-OH is 1. The van der Waals surface area contributed by atoms with Crippen LogP contribution in [0.25, 0.3) is 0 Å². The molecule has 4 heteroatoms. The van der Waals surface area contributed by atoms with Crippen LogP contribution in [0.4, 0.5) is 5.69 Å². The van der Waals surface area contributed by atoms with Gasteiger partial charge >= 0.3 is 5.97 Å². The number of nitrogens with one attached hydrogen (secondary N) is 1. The highest BCUT2D eigenvalue weighted by Gasteiger charge is 2.41. The highest BCUT2D eigenvalue weighted by atomic mass is 16.4. The maximum Gasteiger partial charge on any atom is 0.337 e. The molecule has 0 heterocycles. The van der Waals surface area contributed by atoms with E-state index in [1.165, 1.54) is 0 Å². The van der Waals surface area contributed by atoms with Crippen molar-refractivity contribution in [2.24, 2.45) is 5.41 Å². The number of rotatable bonds is 5. The summed E-state index contributed by atoms with van der Waals surface area (Å²) in [5.41, 5.74) is 0.872. The molecule has 1 fully saturated rings. The molecule has 0 atom stereocenters. The van der Waals surface area contributed by atoms with E-state index in [2.05, 4.69) is 5.32 Å². The number of aromatic carboxylic acids is 1. The van der Waals surface area contributed by atoms with Crippen LogP contribution in [0.3, 0.4) is 0 Å². The molecule has 1 aromatic carbocycles. The van der Waals surface area contributed by atoms with Gasteiger partial charge in [-0.3, -0.25) is 0 Å². The molecule has 1 aliphatic rings. The van der Waals surface area contributed by atoms with Crippen LogP contribution in [0, 0.1) is 5.41 Å². The fraction of sp³-hybridized carbons (Fsp3) is 0.417. The first-order valence-electron chi connectivity index (χ1n) is 5.34. The standard InChI is InChI=1S/C12H15NO3/c14-8-12(5-6-12)7-13-10-4-2-1-3-9(10)11(15)16/h1-4,13-14H,5-8H2,(H,15,16). The molecule has 0 spiro atoms. The number of hydrogen-bond acceptors (Lipinski definition) is 3. The van der Waals surface area contributed by atoms with Crippen molar-refractivity contribution >= 4 is 11.7 Å². The second-order valence-electron chi connectivity index (χ2n) is 4.36. The van der Waals surface area contributed by atoms with Crippen LogP contribution in [0.2, 0.25) is 0 Å². The van der Waals surface area contributed by atoms with Crippen molar-refractivity contribution < 1.29 is 15.0 Å². The molecule has 86 valence electrons. The fourth-order valence-electron chi connectivity index (χ4n) is 1.67. The highest BCUT2D eigenvalue weighted by molar-refractivity contribution is 5.94. The summed E-state index contributed by atoms with van der Waals surface area (Å²) in [5.74, 6) is -0.933. The Morgan fingerprint density at radius 1 is 1.38 bits per heavy atom. The summed E-state index contributed by atoms with van der Waals surface area (Å²) in [7, 11) is 0. The van der Waals surface area contributed by atoms with Crippen LogP contribution in [-0.2, 0) is 0 Å². The van der Waals surface area contributed by atoms with Gasteiger partial charge in [-0.15, -0.1) is 0 Å². The summed E-state index contributed by atoms with van der Waals surface area (Å²) in [6.45, 7) is 0.795. The number of carboxylic acids is 1. The van der Waals surface area contributed by atoms with Gasteiger partial charge in [-0.2, -0.15) is 0 Å². The molecule has 3 N–H and O–H groups in total. The lowest BCUT2D eigenvalue weighted by Crippen LogP contribution is -2.20. The van der Waals surface area contributed by atoms with Gasteiger partial charge in [0, 0.05) is 17.6 Å². The van der Waals surface area contributed by atoms with Crippen molar-refractivity contribution in [1.29, 1.82) is 0 Å². The Labute approximate surface area is 93.9 Å². The summed E-state index contributed by atoms with van der Waals surface area (Å²) in [4.78, 5) is 10.9. The Morgan fingerprint density at radius 2 is 2.06 bits per heavy atom. The van der Waals surface area contributed by atoms with E-state index >= 15 is 0 Å². The van der Waals surface area contributed by atoms with E-state index < -0.39 is 5.97 Å². The lowest BCUT2D eigenvalue weighted by Gasteiger charge is -2.15. The van der Waals surface area contributed by atoms with Crippen molar-refractivity contribution in [2.45, 2.75) is 12.8 Å². The number of carbonyl (C=O) groups is 1. The summed E-state index contributed by atoms with van der Waals surface area (Å²) in [5, 5.41) is 21.2. The van der Waals surface area contributed by atoms with Gasteiger partial charge in [0.1, 0.15) is 0 Å². The molecule has 0 bridgehead atoms. The number of carboxylic acid groups (broad SMARTS) is 1. The SMILES string of the molecule is O=C(O)c1ccccc1NCC1(CO)CC1. The molecule has 2 rings (SSSR count). The van der Waals surface area contributed by atoms with Crippen LogP contribution >= 0.6 is 0 Å². The normalized spacial score (nSPS) is 16.8. The third-order valence-electron chi connectivity index (χ3n) is 3.10. The van der Waals surface area contributed by atoms with Crippen LogP contribution in [0.15, 0.2) is 24.3 Å². The van der Waals surface area contributed by atoms with Crippen LogP contribution in [0.5, 0.6) is 0 Å². The first-order chi connectivity index (χ1) is 7.67. The molecule has 0 aliphatic heterocycles. The Kier molecular flexibility index (Phi) is 2.83. The lowest BCUT2D eigenvalue weighted by atomic mass is 10.1. The first-order valence-corrected chi connectivity index (χ1v) is 5.34. The molecular weight excluding hydrogens is 206 g/mol. The van der Waals surface area contributed by atoms with Gasteiger partial charge in [-0.05, 0) is 25.0 Å². The maximum atomic E-state index is 10.9. The number of para-hydroxylation sites is 1. The largest absolute Gasteiger partial charge is 0.478 e. The van der Waals surface area contributed by atoms with Crippen molar-refractivity contribution in [3.63, 3.8) is 0 Å². The van der Waals surface area contributed by atoms with Gasteiger partial charge < -0.3 is 15.5 Å². The van der Waals surface area contributed by atoms with E-state index in [1.54, 1.807) is 24.3 Å². The molecule has 0 amide bonds. The predicted octanol–water partition coefficient (Wildman–Crippen LogP) is 1.57. The summed E-state index contributed by atoms with van der Waals surface area (Å²) in [6.07, 6.45) is 2.01. The van der Waals surface area contributed by atoms with Crippen molar-refractivity contribution in [3.8, 4) is 0 Å². The molecule has 1 aliphatic carbocycles. The average Bonchev–Trinajstić information content (AvgIpc) is 3.07. The van der Waals surface area contributed by atoms with E-state index in [1.807, 2.05) is 0 Å². The van der Waals surface area contributed by atoms with E-state index in [0.29, 0.717) is 12.2 Å². The van der Waals surface area contributed by atoms with Gasteiger partial charge in [0.25, 0.3) is 0 Å². The zero-order valence-electron chi connectivity index (χ0n) is 8.94. The Morgan fingerprint density at radius 3 is 2.62 bits per heavy atom. The van der Waals surface area contributed by atoms with Gasteiger partial charge in [-0.1, -0.05) is 12.1 Å². The first kappa shape index (κ1) is 11.0. The van der Waals surface area contributed by atoms with Crippen molar-refractivity contribution in [2.75, 3.05) is 18.5 Å². The third-order valence-corrected chi connectivity index (χ3v) is 3.10. The fourth-order valence-corrected chi connectivity index (χ4v) is 1.67. The monoisotopic (exact) mass is 221 g/mol. The number of hydrogen-bond donors (Lipinski definition) is 3. The minimum absolute atomic E-state index is 0.0222. The van der Waals surface area contributed by atoms with E-state index in [4.69, 9.17) is 10.2 Å². The highest BCUT2D eigenvalue weighted by Crippen LogP contribution is 2.45. The number of anilines is 1. The molecule has 16 heavy (non-hydrogen) atoms. The smallest absolute Gasteiger partial charge is 0.337 e.